The van der Waals surface area contributed by atoms with Gasteiger partial charge in [0.15, 0.2) is 5.78 Å². The molecule has 0 aliphatic rings. The average molecular weight is 317 g/mol. The van der Waals surface area contributed by atoms with Crippen molar-refractivity contribution in [1.82, 2.24) is 0 Å². The summed E-state index contributed by atoms with van der Waals surface area (Å²) in [7, 11) is -3.63. The number of Topliss-reactive ketones (excluding diaryl/α,β-unsaturated/α-hetero) is 1. The highest BCUT2D eigenvalue weighted by Crippen LogP contribution is 2.23. The van der Waals surface area contributed by atoms with Crippen molar-refractivity contribution in [2.75, 3.05) is 10.8 Å². The summed E-state index contributed by atoms with van der Waals surface area (Å²) in [4.78, 5) is 11.8. The monoisotopic (exact) mass is 317 g/mol. The first-order valence-corrected chi connectivity index (χ1v) is 8.65. The van der Waals surface area contributed by atoms with Crippen LogP contribution in [0.3, 0.4) is 0 Å². The molecule has 0 aliphatic carbocycles. The van der Waals surface area contributed by atoms with Gasteiger partial charge < -0.3 is 0 Å². The lowest BCUT2D eigenvalue weighted by atomic mass is 10.1. The van der Waals surface area contributed by atoms with Crippen LogP contribution in [0.2, 0.25) is 0 Å². The molecule has 4 nitrogen and oxygen atoms in total. The number of anilines is 1. The highest BCUT2D eigenvalue weighted by Gasteiger charge is 2.23. The molecular weight excluding hydrogens is 298 g/mol. The first-order chi connectivity index (χ1) is 10.5. The molecule has 2 aromatic carbocycles. The highest BCUT2D eigenvalue weighted by atomic mass is 32.2. The van der Waals surface area contributed by atoms with Crippen LogP contribution in [0.25, 0.3) is 0 Å². The van der Waals surface area contributed by atoms with Crippen LogP contribution in [0.1, 0.15) is 30.6 Å². The molecular formula is C17H19NO3S. The van der Waals surface area contributed by atoms with E-state index in [1.54, 1.807) is 50.2 Å². The van der Waals surface area contributed by atoms with Gasteiger partial charge in [0.2, 0.25) is 0 Å². The van der Waals surface area contributed by atoms with Gasteiger partial charge in [0, 0.05) is 18.5 Å². The van der Waals surface area contributed by atoms with E-state index in [1.165, 1.54) is 16.4 Å². The molecule has 0 N–H and O–H groups in total. The van der Waals surface area contributed by atoms with E-state index in [1.807, 2.05) is 6.07 Å². The number of rotatable bonds is 6. The molecule has 0 spiro atoms. The Labute approximate surface area is 131 Å². The molecule has 0 fully saturated rings. The summed E-state index contributed by atoms with van der Waals surface area (Å²) in [6.45, 7) is 3.91. The number of carbonyl (C=O) groups excluding carboxylic acids is 1. The Bertz CT molecular complexity index is 737. The van der Waals surface area contributed by atoms with Gasteiger partial charge in [-0.05, 0) is 31.2 Å². The van der Waals surface area contributed by atoms with Gasteiger partial charge in [0.1, 0.15) is 0 Å². The van der Waals surface area contributed by atoms with Crippen molar-refractivity contribution in [2.24, 2.45) is 0 Å². The Hall–Kier alpha value is -2.14. The lowest BCUT2D eigenvalue weighted by Crippen LogP contribution is -2.30. The third kappa shape index (κ3) is 3.20. The van der Waals surface area contributed by atoms with Gasteiger partial charge in [-0.15, -0.1) is 0 Å². The average Bonchev–Trinajstić information content (AvgIpc) is 2.55. The van der Waals surface area contributed by atoms with Crippen molar-refractivity contribution < 1.29 is 13.2 Å². The topological polar surface area (TPSA) is 54.5 Å². The van der Waals surface area contributed by atoms with Gasteiger partial charge in [0.05, 0.1) is 10.6 Å². The Morgan fingerprint density at radius 1 is 0.955 bits per heavy atom. The maximum Gasteiger partial charge on any atom is 0.264 e. The zero-order valence-corrected chi connectivity index (χ0v) is 13.5. The molecule has 0 heterocycles. The van der Waals surface area contributed by atoms with Crippen molar-refractivity contribution in [3.8, 4) is 0 Å². The SMILES string of the molecule is CCC(=O)c1ccc(S(=O)(=O)N(CC)c2ccccc2)cc1. The summed E-state index contributed by atoms with van der Waals surface area (Å²) >= 11 is 0. The molecule has 0 unspecified atom stereocenters. The molecule has 0 radical (unpaired) electrons. The largest absolute Gasteiger partial charge is 0.294 e. The van der Waals surface area contributed by atoms with Crippen LogP contribution in [0.4, 0.5) is 5.69 Å². The minimum atomic E-state index is -3.63. The second-order valence-electron chi connectivity index (χ2n) is 4.81. The van der Waals surface area contributed by atoms with Crippen molar-refractivity contribution in [3.63, 3.8) is 0 Å². The molecule has 22 heavy (non-hydrogen) atoms. The number of carbonyl (C=O) groups is 1. The molecule has 5 heteroatoms. The molecule has 0 bridgehead atoms. The third-order valence-corrected chi connectivity index (χ3v) is 5.33. The number of para-hydroxylation sites is 1. The summed E-state index contributed by atoms with van der Waals surface area (Å²) in [5, 5.41) is 0. The van der Waals surface area contributed by atoms with Crippen molar-refractivity contribution in [1.29, 1.82) is 0 Å². The van der Waals surface area contributed by atoms with E-state index < -0.39 is 10.0 Å². The fourth-order valence-corrected chi connectivity index (χ4v) is 3.70. The van der Waals surface area contributed by atoms with Gasteiger partial charge in [-0.25, -0.2) is 8.42 Å². The number of nitrogens with zero attached hydrogens (tertiary/aromatic N) is 1. The predicted octanol–water partition coefficient (Wildman–Crippen LogP) is 3.49. The van der Waals surface area contributed by atoms with Gasteiger partial charge in [0.25, 0.3) is 10.0 Å². The summed E-state index contributed by atoms with van der Waals surface area (Å²) < 4.78 is 26.9. The Kier molecular flexibility index (Phi) is 4.98. The molecule has 0 atom stereocenters. The van der Waals surface area contributed by atoms with Gasteiger partial charge in [-0.2, -0.15) is 0 Å². The van der Waals surface area contributed by atoms with E-state index in [-0.39, 0.29) is 10.7 Å². The second-order valence-corrected chi connectivity index (χ2v) is 6.67. The molecule has 0 aromatic heterocycles. The molecule has 0 saturated carbocycles. The highest BCUT2D eigenvalue weighted by molar-refractivity contribution is 7.92. The standard InChI is InChI=1S/C17H19NO3S/c1-3-17(19)14-10-12-16(13-11-14)22(20,21)18(4-2)15-8-6-5-7-9-15/h5-13H,3-4H2,1-2H3. The fraction of sp³-hybridized carbons (Fsp3) is 0.235. The number of hydrogen-bond acceptors (Lipinski definition) is 3. The van der Waals surface area contributed by atoms with Gasteiger partial charge in [-0.3, -0.25) is 9.10 Å². The third-order valence-electron chi connectivity index (χ3n) is 3.42. The Balaban J connectivity index is 2.39. The van der Waals surface area contributed by atoms with Crippen LogP contribution in [0.5, 0.6) is 0 Å². The molecule has 0 amide bonds. The van der Waals surface area contributed by atoms with E-state index in [9.17, 15) is 13.2 Å². The van der Waals surface area contributed by atoms with Crippen molar-refractivity contribution in [3.05, 3.63) is 60.2 Å². The Morgan fingerprint density at radius 3 is 2.05 bits per heavy atom. The summed E-state index contributed by atoms with van der Waals surface area (Å²) in [6.07, 6.45) is 0.400. The lowest BCUT2D eigenvalue weighted by Gasteiger charge is -2.22. The van der Waals surface area contributed by atoms with Crippen LogP contribution >= 0.6 is 0 Å². The molecule has 116 valence electrons. The maximum absolute atomic E-state index is 12.8. The predicted molar refractivity (Wildman–Crippen MR) is 87.7 cm³/mol. The second kappa shape index (κ2) is 6.75. The maximum atomic E-state index is 12.8. The van der Waals surface area contributed by atoms with E-state index in [4.69, 9.17) is 0 Å². The zero-order valence-electron chi connectivity index (χ0n) is 12.7. The number of sulfonamides is 1. The van der Waals surface area contributed by atoms with Crippen molar-refractivity contribution >= 4 is 21.5 Å². The first-order valence-electron chi connectivity index (χ1n) is 7.21. The summed E-state index contributed by atoms with van der Waals surface area (Å²) in [5.41, 5.74) is 1.16. The summed E-state index contributed by atoms with van der Waals surface area (Å²) in [5.74, 6) is -0.000597. The minimum Gasteiger partial charge on any atom is -0.294 e. The van der Waals surface area contributed by atoms with Crippen LogP contribution in [0, 0.1) is 0 Å². The van der Waals surface area contributed by atoms with Crippen LogP contribution in [-0.4, -0.2) is 20.7 Å². The normalized spacial score (nSPS) is 11.2. The quantitative estimate of drug-likeness (QED) is 0.766. The van der Waals surface area contributed by atoms with E-state index in [0.29, 0.717) is 24.2 Å². The number of ketones is 1. The zero-order chi connectivity index (χ0) is 16.2. The molecule has 0 aliphatic heterocycles. The van der Waals surface area contributed by atoms with Crippen molar-refractivity contribution in [2.45, 2.75) is 25.2 Å². The first kappa shape index (κ1) is 16.2. The lowest BCUT2D eigenvalue weighted by molar-refractivity contribution is 0.0988. The minimum absolute atomic E-state index is 0.000597. The van der Waals surface area contributed by atoms with E-state index >= 15 is 0 Å². The Morgan fingerprint density at radius 2 is 1.55 bits per heavy atom. The van der Waals surface area contributed by atoms with Gasteiger partial charge in [-0.1, -0.05) is 37.3 Å². The molecule has 2 rings (SSSR count). The number of hydrogen-bond donors (Lipinski definition) is 0. The van der Waals surface area contributed by atoms with Crippen LogP contribution in [-0.2, 0) is 10.0 Å². The fourth-order valence-electron chi connectivity index (χ4n) is 2.23. The molecule has 0 saturated heterocycles. The smallest absolute Gasteiger partial charge is 0.264 e. The van der Waals surface area contributed by atoms with Crippen LogP contribution in [0.15, 0.2) is 59.5 Å². The van der Waals surface area contributed by atoms with E-state index in [2.05, 4.69) is 0 Å². The van der Waals surface area contributed by atoms with Gasteiger partial charge >= 0.3 is 0 Å². The summed E-state index contributed by atoms with van der Waals surface area (Å²) in [6, 6.07) is 15.1. The number of benzene rings is 2. The molecule has 2 aromatic rings. The van der Waals surface area contributed by atoms with Crippen LogP contribution < -0.4 is 4.31 Å². The van der Waals surface area contributed by atoms with E-state index in [0.717, 1.165) is 0 Å².